The average molecular weight is 314 g/mol. The maximum Gasteiger partial charge on any atom is 0.155 e. The fourth-order valence-electron chi connectivity index (χ4n) is 8.30. The molecule has 0 aromatic carbocycles. The Hall–Kier alpha value is -0.630. The van der Waals surface area contributed by atoms with E-state index in [4.69, 9.17) is 0 Å². The molecule has 0 bridgehead atoms. The molecular formula is C21H30O2. The molecule has 4 saturated carbocycles. The highest BCUT2D eigenvalue weighted by Crippen LogP contribution is 2.83. The van der Waals surface area contributed by atoms with Gasteiger partial charge in [0.1, 0.15) is 0 Å². The molecule has 2 nitrogen and oxygen atoms in total. The SMILES string of the molecule is CC1CC2=CC(=O)CC[C@@H]2[C@H]2CC[C@]3(C)C(CO)CC4CC43[C@H]12. The van der Waals surface area contributed by atoms with Crippen LogP contribution in [0.2, 0.25) is 0 Å². The average Bonchev–Trinajstić information content (AvgIpc) is 3.17. The molecule has 5 aliphatic carbocycles. The molecule has 23 heavy (non-hydrogen) atoms. The largest absolute Gasteiger partial charge is 0.396 e. The molecule has 0 aromatic rings. The number of fused-ring (bicyclic) bond motifs is 3. The van der Waals surface area contributed by atoms with Crippen molar-refractivity contribution < 1.29 is 9.90 Å². The van der Waals surface area contributed by atoms with Gasteiger partial charge in [-0.1, -0.05) is 19.4 Å². The van der Waals surface area contributed by atoms with E-state index in [1.54, 1.807) is 0 Å². The maximum atomic E-state index is 11.9. The predicted octanol–water partition coefficient (Wildman–Crippen LogP) is 3.98. The van der Waals surface area contributed by atoms with Crippen LogP contribution >= 0.6 is 0 Å². The van der Waals surface area contributed by atoms with Crippen LogP contribution in [0.5, 0.6) is 0 Å². The van der Waals surface area contributed by atoms with E-state index in [1.165, 1.54) is 31.3 Å². The Labute approximate surface area is 139 Å². The second-order valence-electron chi connectivity index (χ2n) is 9.71. The number of carbonyl (C=O) groups excluding carboxylic acids is 1. The van der Waals surface area contributed by atoms with Crippen molar-refractivity contribution in [1.29, 1.82) is 0 Å². The van der Waals surface area contributed by atoms with Crippen LogP contribution < -0.4 is 0 Å². The molecule has 4 unspecified atom stereocenters. The van der Waals surface area contributed by atoms with Crippen molar-refractivity contribution in [3.63, 3.8) is 0 Å². The first-order chi connectivity index (χ1) is 11.0. The van der Waals surface area contributed by atoms with Gasteiger partial charge in [0.25, 0.3) is 0 Å². The van der Waals surface area contributed by atoms with Gasteiger partial charge in [0.15, 0.2) is 5.78 Å². The summed E-state index contributed by atoms with van der Waals surface area (Å²) < 4.78 is 0. The first kappa shape index (κ1) is 14.7. The summed E-state index contributed by atoms with van der Waals surface area (Å²) in [6.45, 7) is 5.36. The lowest BCUT2D eigenvalue weighted by molar-refractivity contribution is -0.117. The number of hydrogen-bond acceptors (Lipinski definition) is 2. The molecule has 8 atom stereocenters. The highest BCUT2D eigenvalue weighted by Gasteiger charge is 2.77. The number of rotatable bonds is 1. The molecule has 2 heteroatoms. The summed E-state index contributed by atoms with van der Waals surface area (Å²) >= 11 is 0. The molecule has 0 amide bonds. The van der Waals surface area contributed by atoms with Crippen LogP contribution in [0.3, 0.4) is 0 Å². The number of ketones is 1. The molecule has 0 heterocycles. The lowest BCUT2D eigenvalue weighted by Gasteiger charge is -2.58. The van der Waals surface area contributed by atoms with Gasteiger partial charge in [0.2, 0.25) is 0 Å². The van der Waals surface area contributed by atoms with E-state index < -0.39 is 0 Å². The Morgan fingerprint density at radius 2 is 2.17 bits per heavy atom. The molecule has 1 N–H and O–H groups in total. The molecular weight excluding hydrogens is 284 g/mol. The third kappa shape index (κ3) is 1.62. The third-order valence-corrected chi connectivity index (χ3v) is 9.17. The van der Waals surface area contributed by atoms with Gasteiger partial charge in [-0.15, -0.1) is 0 Å². The monoisotopic (exact) mass is 314 g/mol. The highest BCUT2D eigenvalue weighted by molar-refractivity contribution is 5.91. The van der Waals surface area contributed by atoms with Crippen molar-refractivity contribution in [1.82, 2.24) is 0 Å². The smallest absolute Gasteiger partial charge is 0.155 e. The number of aliphatic hydroxyl groups excluding tert-OH is 1. The molecule has 0 aromatic heterocycles. The lowest BCUT2D eigenvalue weighted by atomic mass is 9.46. The summed E-state index contributed by atoms with van der Waals surface area (Å²) in [4.78, 5) is 11.9. The van der Waals surface area contributed by atoms with Crippen LogP contribution in [0.25, 0.3) is 0 Å². The van der Waals surface area contributed by atoms with E-state index in [9.17, 15) is 9.90 Å². The summed E-state index contributed by atoms with van der Waals surface area (Å²) in [5.41, 5.74) is 2.41. The second kappa shape index (κ2) is 4.50. The zero-order valence-corrected chi connectivity index (χ0v) is 14.6. The van der Waals surface area contributed by atoms with Gasteiger partial charge < -0.3 is 5.11 Å². The van der Waals surface area contributed by atoms with Gasteiger partial charge in [-0.25, -0.2) is 0 Å². The van der Waals surface area contributed by atoms with E-state index in [1.807, 2.05) is 6.08 Å². The predicted molar refractivity (Wildman–Crippen MR) is 89.6 cm³/mol. The Kier molecular flexibility index (Phi) is 2.88. The van der Waals surface area contributed by atoms with Crippen LogP contribution in [0.15, 0.2) is 11.6 Å². The maximum absolute atomic E-state index is 11.9. The van der Waals surface area contributed by atoms with Crippen molar-refractivity contribution in [2.24, 2.45) is 46.3 Å². The Morgan fingerprint density at radius 3 is 2.96 bits per heavy atom. The van der Waals surface area contributed by atoms with Gasteiger partial charge in [-0.2, -0.15) is 0 Å². The van der Waals surface area contributed by atoms with Crippen LogP contribution in [-0.4, -0.2) is 17.5 Å². The normalized spacial score (nSPS) is 57.0. The molecule has 5 rings (SSSR count). The summed E-state index contributed by atoms with van der Waals surface area (Å²) in [7, 11) is 0. The minimum absolute atomic E-state index is 0.367. The van der Waals surface area contributed by atoms with E-state index in [-0.39, 0.29) is 0 Å². The van der Waals surface area contributed by atoms with Crippen molar-refractivity contribution >= 4 is 5.78 Å². The van der Waals surface area contributed by atoms with Gasteiger partial charge in [0.05, 0.1) is 0 Å². The number of allylic oxidation sites excluding steroid dienone is 1. The Morgan fingerprint density at radius 1 is 1.35 bits per heavy atom. The number of hydrogen-bond donors (Lipinski definition) is 1. The van der Waals surface area contributed by atoms with Crippen molar-refractivity contribution in [2.45, 2.75) is 58.8 Å². The summed E-state index contributed by atoms with van der Waals surface area (Å²) in [5, 5.41) is 9.94. The topological polar surface area (TPSA) is 37.3 Å². The van der Waals surface area contributed by atoms with Gasteiger partial charge in [-0.3, -0.25) is 4.79 Å². The minimum atomic E-state index is 0.367. The molecule has 126 valence electrons. The number of aliphatic hydroxyl groups is 1. The zero-order chi connectivity index (χ0) is 16.0. The summed E-state index contributed by atoms with van der Waals surface area (Å²) in [6.07, 6.45) is 10.4. The second-order valence-corrected chi connectivity index (χ2v) is 9.71. The summed E-state index contributed by atoms with van der Waals surface area (Å²) in [5.74, 6) is 4.87. The van der Waals surface area contributed by atoms with Crippen LogP contribution in [0.1, 0.15) is 58.8 Å². The molecule has 1 spiro atoms. The molecule has 4 fully saturated rings. The zero-order valence-electron chi connectivity index (χ0n) is 14.6. The van der Waals surface area contributed by atoms with Crippen LogP contribution in [0.4, 0.5) is 0 Å². The summed E-state index contributed by atoms with van der Waals surface area (Å²) in [6, 6.07) is 0. The van der Waals surface area contributed by atoms with Crippen molar-refractivity contribution in [3.8, 4) is 0 Å². The lowest BCUT2D eigenvalue weighted by Crippen LogP contribution is -2.52. The van der Waals surface area contributed by atoms with E-state index in [0.717, 1.165) is 42.9 Å². The van der Waals surface area contributed by atoms with Gasteiger partial charge in [-0.05, 0) is 90.9 Å². The molecule has 5 aliphatic rings. The van der Waals surface area contributed by atoms with E-state index in [2.05, 4.69) is 13.8 Å². The molecule has 0 radical (unpaired) electrons. The quantitative estimate of drug-likeness (QED) is 0.795. The highest BCUT2D eigenvalue weighted by atomic mass is 16.3. The fourth-order valence-corrected chi connectivity index (χ4v) is 8.30. The van der Waals surface area contributed by atoms with E-state index in [0.29, 0.717) is 35.1 Å². The van der Waals surface area contributed by atoms with E-state index >= 15 is 0 Å². The van der Waals surface area contributed by atoms with Crippen LogP contribution in [-0.2, 0) is 4.79 Å². The number of carbonyl (C=O) groups is 1. The standard InChI is InChI=1S/C21H30O2/c1-12-7-13-8-16(23)3-4-17(13)18-5-6-20(2)15(11-22)9-14-10-21(14,20)19(12)18/h8,12,14-15,17-19,22H,3-7,9-11H2,1-2H3/t12?,14?,15?,17-,18+,19+,20+,21?/m0/s1. The Balaban J connectivity index is 1.55. The van der Waals surface area contributed by atoms with Gasteiger partial charge in [0, 0.05) is 13.0 Å². The fraction of sp³-hybridized carbons (Fsp3) is 0.857. The Bertz CT molecular complexity index is 593. The first-order valence-corrected chi connectivity index (χ1v) is 9.85. The minimum Gasteiger partial charge on any atom is -0.396 e. The molecule has 0 aliphatic heterocycles. The van der Waals surface area contributed by atoms with Crippen molar-refractivity contribution in [2.75, 3.05) is 6.61 Å². The molecule has 0 saturated heterocycles. The third-order valence-electron chi connectivity index (χ3n) is 9.17. The van der Waals surface area contributed by atoms with Gasteiger partial charge >= 0.3 is 0 Å². The van der Waals surface area contributed by atoms with Crippen molar-refractivity contribution in [3.05, 3.63) is 11.6 Å². The van der Waals surface area contributed by atoms with Crippen LogP contribution in [0, 0.1) is 46.3 Å². The first-order valence-electron chi connectivity index (χ1n) is 9.85.